The summed E-state index contributed by atoms with van der Waals surface area (Å²) in [6.07, 6.45) is 5.06. The third-order valence-electron chi connectivity index (χ3n) is 3.33. The van der Waals surface area contributed by atoms with Gasteiger partial charge in [-0.05, 0) is 24.6 Å². The van der Waals surface area contributed by atoms with Gasteiger partial charge in [0.15, 0.2) is 17.4 Å². The molecule has 0 spiro atoms. The van der Waals surface area contributed by atoms with Crippen molar-refractivity contribution in [2.75, 3.05) is 0 Å². The van der Waals surface area contributed by atoms with Crippen LogP contribution in [-0.4, -0.2) is 15.9 Å². The van der Waals surface area contributed by atoms with Crippen molar-refractivity contribution < 1.29 is 0 Å². The molecule has 106 valence electrons. The molecule has 1 aromatic heterocycles. The molecule has 0 amide bonds. The van der Waals surface area contributed by atoms with Crippen LogP contribution in [0.15, 0.2) is 53.8 Å². The number of hydrogen-bond acceptors (Lipinski definition) is 6. The first-order valence-corrected chi connectivity index (χ1v) is 6.56. The topological polar surface area (TPSA) is 102 Å². The third kappa shape index (κ3) is 2.48. The number of nitrogens with two attached hydrogens (primary N) is 2. The van der Waals surface area contributed by atoms with Crippen molar-refractivity contribution in [3.05, 3.63) is 60.1 Å². The zero-order valence-corrected chi connectivity index (χ0v) is 11.6. The van der Waals surface area contributed by atoms with Gasteiger partial charge in [-0.25, -0.2) is 15.0 Å². The molecule has 1 unspecified atom stereocenters. The number of nitrogens with one attached hydrogen (secondary N) is 1. The predicted octanol–water partition coefficient (Wildman–Crippen LogP) is 0.995. The molecule has 5 N–H and O–H groups in total. The quantitative estimate of drug-likeness (QED) is 0.761. The molecular weight excluding hydrogens is 264 g/mol. The second kappa shape index (κ2) is 4.99. The molecule has 6 heteroatoms. The Balaban J connectivity index is 2.07. The van der Waals surface area contributed by atoms with Gasteiger partial charge in [0, 0.05) is 18.0 Å². The summed E-state index contributed by atoms with van der Waals surface area (Å²) in [5.74, 6) is 0.882. The second-order valence-corrected chi connectivity index (χ2v) is 4.88. The van der Waals surface area contributed by atoms with Crippen molar-refractivity contribution in [3.8, 4) is 11.4 Å². The Morgan fingerprint density at radius 2 is 2.00 bits per heavy atom. The molecule has 6 nitrogen and oxygen atoms in total. The Hall–Kier alpha value is -2.73. The molecule has 1 atom stereocenters. The van der Waals surface area contributed by atoms with Crippen LogP contribution in [0.25, 0.3) is 11.4 Å². The van der Waals surface area contributed by atoms with Crippen molar-refractivity contribution in [3.63, 3.8) is 0 Å². The molecular formula is C15H16N6. The van der Waals surface area contributed by atoms with Gasteiger partial charge in [0.1, 0.15) is 0 Å². The average molecular weight is 280 g/mol. The van der Waals surface area contributed by atoms with Crippen LogP contribution in [-0.2, 0) is 5.66 Å². The number of hydrogen-bond donors (Lipinski definition) is 3. The highest BCUT2D eigenvalue weighted by Crippen LogP contribution is 2.24. The van der Waals surface area contributed by atoms with Crippen molar-refractivity contribution in [1.82, 2.24) is 15.3 Å². The Morgan fingerprint density at radius 1 is 1.19 bits per heavy atom. The van der Waals surface area contributed by atoms with E-state index in [1.807, 2.05) is 31.2 Å². The summed E-state index contributed by atoms with van der Waals surface area (Å²) in [6.45, 7) is 2.02. The minimum atomic E-state index is -1.07. The molecule has 0 saturated heterocycles. The van der Waals surface area contributed by atoms with Crippen molar-refractivity contribution in [2.24, 2.45) is 16.5 Å². The van der Waals surface area contributed by atoms with E-state index in [2.05, 4.69) is 20.3 Å². The van der Waals surface area contributed by atoms with Crippen LogP contribution in [0.1, 0.15) is 11.3 Å². The predicted molar refractivity (Wildman–Crippen MR) is 82.0 cm³/mol. The normalized spacial score (nSPS) is 20.8. The highest BCUT2D eigenvalue weighted by molar-refractivity contribution is 5.80. The van der Waals surface area contributed by atoms with Gasteiger partial charge in [0.25, 0.3) is 0 Å². The van der Waals surface area contributed by atoms with Gasteiger partial charge >= 0.3 is 0 Å². The Morgan fingerprint density at radius 3 is 2.76 bits per heavy atom. The number of aliphatic imine (C=N–C) groups is 1. The van der Waals surface area contributed by atoms with Crippen LogP contribution < -0.4 is 16.8 Å². The highest BCUT2D eigenvalue weighted by Gasteiger charge is 2.28. The summed E-state index contributed by atoms with van der Waals surface area (Å²) in [4.78, 5) is 13.1. The lowest BCUT2D eigenvalue weighted by Crippen LogP contribution is -2.42. The molecule has 1 aliphatic heterocycles. The van der Waals surface area contributed by atoms with E-state index in [0.29, 0.717) is 11.5 Å². The maximum Gasteiger partial charge on any atom is 0.195 e. The van der Waals surface area contributed by atoms with Gasteiger partial charge in [0.2, 0.25) is 0 Å². The standard InChI is InChI=1S/C15H16N6/c1-10-4-2-3-5-11(10)13-18-8-6-12(20-13)15(17)7-9-19-14(16)21-15/h2-9H,17H2,1H3,(H3,16,19,21). The monoisotopic (exact) mass is 280 g/mol. The molecule has 1 aliphatic rings. The van der Waals surface area contributed by atoms with Crippen LogP contribution in [0.5, 0.6) is 0 Å². The van der Waals surface area contributed by atoms with E-state index < -0.39 is 5.66 Å². The van der Waals surface area contributed by atoms with Crippen molar-refractivity contribution >= 4 is 5.96 Å². The van der Waals surface area contributed by atoms with E-state index >= 15 is 0 Å². The third-order valence-corrected chi connectivity index (χ3v) is 3.33. The Labute approximate surface area is 122 Å². The smallest absolute Gasteiger partial charge is 0.195 e. The van der Waals surface area contributed by atoms with Crippen molar-refractivity contribution in [2.45, 2.75) is 12.6 Å². The first-order chi connectivity index (χ1) is 10.1. The largest absolute Gasteiger partial charge is 0.370 e. The van der Waals surface area contributed by atoms with Crippen LogP contribution in [0.3, 0.4) is 0 Å². The van der Waals surface area contributed by atoms with Gasteiger partial charge < -0.3 is 11.1 Å². The summed E-state index contributed by atoms with van der Waals surface area (Å²) in [5, 5.41) is 2.79. The summed E-state index contributed by atoms with van der Waals surface area (Å²) < 4.78 is 0. The van der Waals surface area contributed by atoms with E-state index in [0.717, 1.165) is 11.1 Å². The lowest BCUT2D eigenvalue weighted by atomic mass is 10.1. The minimum absolute atomic E-state index is 0.260. The van der Waals surface area contributed by atoms with Gasteiger partial charge in [-0.3, -0.25) is 5.73 Å². The van der Waals surface area contributed by atoms with E-state index in [1.54, 1.807) is 24.5 Å². The molecule has 2 aromatic rings. The lowest BCUT2D eigenvalue weighted by Gasteiger charge is -2.24. The van der Waals surface area contributed by atoms with Gasteiger partial charge in [-0.15, -0.1) is 0 Å². The van der Waals surface area contributed by atoms with Gasteiger partial charge in [0.05, 0.1) is 5.69 Å². The SMILES string of the molecule is Cc1ccccc1-c1nccc(C2(N)C=CNC(N)=N2)n1. The minimum Gasteiger partial charge on any atom is -0.370 e. The van der Waals surface area contributed by atoms with Gasteiger partial charge in [-0.2, -0.15) is 0 Å². The molecule has 2 heterocycles. The van der Waals surface area contributed by atoms with Crippen LogP contribution in [0.2, 0.25) is 0 Å². The first-order valence-electron chi connectivity index (χ1n) is 6.56. The lowest BCUT2D eigenvalue weighted by molar-refractivity contribution is 0.560. The maximum absolute atomic E-state index is 6.27. The number of nitrogens with zero attached hydrogens (tertiary/aromatic N) is 3. The number of benzene rings is 1. The first kappa shape index (κ1) is 13.3. The van der Waals surface area contributed by atoms with Crippen LogP contribution in [0, 0.1) is 6.92 Å². The van der Waals surface area contributed by atoms with E-state index in [-0.39, 0.29) is 5.96 Å². The van der Waals surface area contributed by atoms with E-state index in [4.69, 9.17) is 11.5 Å². The zero-order valence-electron chi connectivity index (χ0n) is 11.6. The molecule has 0 bridgehead atoms. The Kier molecular flexibility index (Phi) is 3.15. The molecule has 21 heavy (non-hydrogen) atoms. The number of aryl methyl sites for hydroxylation is 1. The molecule has 0 fully saturated rings. The summed E-state index contributed by atoms with van der Waals surface area (Å²) >= 11 is 0. The molecule has 0 radical (unpaired) electrons. The van der Waals surface area contributed by atoms with E-state index in [1.165, 1.54) is 0 Å². The van der Waals surface area contributed by atoms with Crippen molar-refractivity contribution in [1.29, 1.82) is 0 Å². The number of guanidine groups is 1. The molecule has 1 aromatic carbocycles. The fraction of sp³-hybridized carbons (Fsp3) is 0.133. The van der Waals surface area contributed by atoms with E-state index in [9.17, 15) is 0 Å². The second-order valence-electron chi connectivity index (χ2n) is 4.88. The summed E-state index contributed by atoms with van der Waals surface area (Å²) in [5.41, 5.74) is 13.5. The van der Waals surface area contributed by atoms with Crippen LogP contribution in [0.4, 0.5) is 0 Å². The number of aromatic nitrogens is 2. The summed E-state index contributed by atoms with van der Waals surface area (Å²) in [6, 6.07) is 9.68. The maximum atomic E-state index is 6.27. The molecule has 0 saturated carbocycles. The highest BCUT2D eigenvalue weighted by atomic mass is 15.2. The average Bonchev–Trinajstić information content (AvgIpc) is 2.48. The zero-order chi connectivity index (χ0) is 14.9. The fourth-order valence-electron chi connectivity index (χ4n) is 2.20. The number of rotatable bonds is 2. The molecule has 3 rings (SSSR count). The Bertz CT molecular complexity index is 736. The summed E-state index contributed by atoms with van der Waals surface area (Å²) in [7, 11) is 0. The van der Waals surface area contributed by atoms with Gasteiger partial charge in [-0.1, -0.05) is 24.3 Å². The fourth-order valence-corrected chi connectivity index (χ4v) is 2.20. The molecule has 0 aliphatic carbocycles. The van der Waals surface area contributed by atoms with Crippen LogP contribution >= 0.6 is 0 Å².